The molecule has 0 bridgehead atoms. The Labute approximate surface area is 123 Å². The standard InChI is InChI=1S/C16H19N3O2/c20-15(14-12-4-1-2-5-13(12)18-21-14)19-9-7-16(11-19)6-3-8-17-10-16/h1-2,4-5,17H,3,6-11H2/t16-/m0/s1. The highest BCUT2D eigenvalue weighted by molar-refractivity contribution is 6.03. The molecule has 1 amide bonds. The number of nitrogens with one attached hydrogen (secondary N) is 1. The second-order valence-electron chi connectivity index (χ2n) is 6.29. The van der Waals surface area contributed by atoms with Gasteiger partial charge in [0.05, 0.1) is 5.39 Å². The van der Waals surface area contributed by atoms with Crippen LogP contribution < -0.4 is 5.32 Å². The summed E-state index contributed by atoms with van der Waals surface area (Å²) >= 11 is 0. The van der Waals surface area contributed by atoms with Gasteiger partial charge in [-0.25, -0.2) is 0 Å². The number of aromatic nitrogens is 1. The molecule has 0 unspecified atom stereocenters. The number of benzene rings is 1. The number of carbonyl (C=O) groups is 1. The number of nitrogens with zero attached hydrogens (tertiary/aromatic N) is 2. The Morgan fingerprint density at radius 3 is 3.10 bits per heavy atom. The summed E-state index contributed by atoms with van der Waals surface area (Å²) in [6.07, 6.45) is 3.49. The first-order valence-electron chi connectivity index (χ1n) is 7.62. The van der Waals surface area contributed by atoms with Crippen molar-refractivity contribution in [2.75, 3.05) is 26.2 Å². The Kier molecular flexibility index (Phi) is 2.96. The molecule has 1 atom stereocenters. The van der Waals surface area contributed by atoms with E-state index in [0.717, 1.165) is 43.5 Å². The summed E-state index contributed by atoms with van der Waals surface area (Å²) in [5, 5.41) is 8.26. The monoisotopic (exact) mass is 285 g/mol. The number of likely N-dealkylation sites (tertiary alicyclic amines) is 1. The Morgan fingerprint density at radius 2 is 2.24 bits per heavy atom. The number of carbonyl (C=O) groups excluding carboxylic acids is 1. The minimum Gasteiger partial charge on any atom is -0.350 e. The summed E-state index contributed by atoms with van der Waals surface area (Å²) in [4.78, 5) is 14.7. The normalized spacial score (nSPS) is 25.8. The van der Waals surface area contributed by atoms with Gasteiger partial charge >= 0.3 is 0 Å². The van der Waals surface area contributed by atoms with Crippen molar-refractivity contribution in [3.63, 3.8) is 0 Å². The van der Waals surface area contributed by atoms with Gasteiger partial charge in [-0.2, -0.15) is 0 Å². The average Bonchev–Trinajstić information content (AvgIpc) is 3.12. The van der Waals surface area contributed by atoms with Gasteiger partial charge in [0.15, 0.2) is 0 Å². The smallest absolute Gasteiger partial charge is 0.293 e. The third kappa shape index (κ3) is 2.12. The van der Waals surface area contributed by atoms with Gasteiger partial charge in [-0.3, -0.25) is 4.79 Å². The maximum Gasteiger partial charge on any atom is 0.293 e. The van der Waals surface area contributed by atoms with E-state index in [1.54, 1.807) is 0 Å². The fourth-order valence-corrected chi connectivity index (χ4v) is 3.67. The fourth-order valence-electron chi connectivity index (χ4n) is 3.67. The van der Waals surface area contributed by atoms with Gasteiger partial charge in [0, 0.05) is 25.0 Å². The number of hydrogen-bond acceptors (Lipinski definition) is 4. The molecule has 3 heterocycles. The molecule has 1 aromatic carbocycles. The van der Waals surface area contributed by atoms with Crippen LogP contribution in [0.25, 0.3) is 10.9 Å². The molecular formula is C16H19N3O2. The Morgan fingerprint density at radius 1 is 1.33 bits per heavy atom. The van der Waals surface area contributed by atoms with E-state index in [9.17, 15) is 4.79 Å². The molecule has 2 saturated heterocycles. The van der Waals surface area contributed by atoms with Crippen LogP contribution in [0.4, 0.5) is 0 Å². The van der Waals surface area contributed by atoms with Crippen LogP contribution >= 0.6 is 0 Å². The van der Waals surface area contributed by atoms with E-state index in [2.05, 4.69) is 10.5 Å². The van der Waals surface area contributed by atoms with Crippen LogP contribution in [-0.2, 0) is 0 Å². The summed E-state index contributed by atoms with van der Waals surface area (Å²) in [5.41, 5.74) is 1.01. The molecular weight excluding hydrogens is 266 g/mol. The topological polar surface area (TPSA) is 58.4 Å². The quantitative estimate of drug-likeness (QED) is 0.871. The van der Waals surface area contributed by atoms with Gasteiger partial charge < -0.3 is 14.7 Å². The second kappa shape index (κ2) is 4.84. The predicted molar refractivity (Wildman–Crippen MR) is 79.1 cm³/mol. The van der Waals surface area contributed by atoms with Crippen molar-refractivity contribution in [1.29, 1.82) is 0 Å². The van der Waals surface area contributed by atoms with E-state index >= 15 is 0 Å². The van der Waals surface area contributed by atoms with E-state index in [4.69, 9.17) is 4.52 Å². The molecule has 5 heteroatoms. The van der Waals surface area contributed by atoms with Gasteiger partial charge in [-0.1, -0.05) is 17.3 Å². The number of rotatable bonds is 1. The minimum atomic E-state index is -0.0221. The minimum absolute atomic E-state index is 0.0221. The highest BCUT2D eigenvalue weighted by atomic mass is 16.5. The van der Waals surface area contributed by atoms with Crippen LogP contribution in [0.3, 0.4) is 0 Å². The molecule has 1 N–H and O–H groups in total. The number of piperidine rings is 1. The molecule has 4 rings (SSSR count). The van der Waals surface area contributed by atoms with E-state index in [-0.39, 0.29) is 11.3 Å². The van der Waals surface area contributed by atoms with Crippen molar-refractivity contribution in [3.05, 3.63) is 30.0 Å². The van der Waals surface area contributed by atoms with Crippen LogP contribution in [0, 0.1) is 5.41 Å². The first kappa shape index (κ1) is 12.8. The second-order valence-corrected chi connectivity index (χ2v) is 6.29. The summed E-state index contributed by atoms with van der Waals surface area (Å²) in [5.74, 6) is 0.359. The molecule has 1 aromatic heterocycles. The Hall–Kier alpha value is -1.88. The molecule has 2 aliphatic rings. The molecule has 2 aromatic rings. The first-order chi connectivity index (χ1) is 10.3. The van der Waals surface area contributed by atoms with Crippen LogP contribution in [-0.4, -0.2) is 42.1 Å². The SMILES string of the molecule is O=C(c1onc2ccccc12)N1CC[C@]2(CCCNC2)C1. The molecule has 110 valence electrons. The van der Waals surface area contributed by atoms with Crippen molar-refractivity contribution in [2.24, 2.45) is 5.41 Å². The molecule has 2 aliphatic heterocycles. The maximum atomic E-state index is 12.7. The lowest BCUT2D eigenvalue weighted by molar-refractivity contribution is 0.0726. The Bertz CT molecular complexity index is 673. The van der Waals surface area contributed by atoms with Crippen LogP contribution in [0.15, 0.2) is 28.8 Å². The van der Waals surface area contributed by atoms with Crippen molar-refractivity contribution in [2.45, 2.75) is 19.3 Å². The number of hydrogen-bond donors (Lipinski definition) is 1. The zero-order valence-corrected chi connectivity index (χ0v) is 12.0. The molecule has 0 radical (unpaired) electrons. The summed E-state index contributed by atoms with van der Waals surface area (Å²) in [6, 6.07) is 7.57. The molecule has 2 fully saturated rings. The molecule has 21 heavy (non-hydrogen) atoms. The van der Waals surface area contributed by atoms with E-state index in [0.29, 0.717) is 5.76 Å². The summed E-state index contributed by atoms with van der Waals surface area (Å²) < 4.78 is 5.31. The largest absolute Gasteiger partial charge is 0.350 e. The zero-order valence-electron chi connectivity index (χ0n) is 12.0. The lowest BCUT2D eigenvalue weighted by Gasteiger charge is -2.33. The van der Waals surface area contributed by atoms with Crippen LogP contribution in [0.2, 0.25) is 0 Å². The lowest BCUT2D eigenvalue weighted by atomic mass is 9.80. The van der Waals surface area contributed by atoms with E-state index in [1.165, 1.54) is 12.8 Å². The van der Waals surface area contributed by atoms with Gasteiger partial charge in [0.1, 0.15) is 5.52 Å². The summed E-state index contributed by atoms with van der Waals surface area (Å²) in [7, 11) is 0. The van der Waals surface area contributed by atoms with Crippen LogP contribution in [0.5, 0.6) is 0 Å². The van der Waals surface area contributed by atoms with Gasteiger partial charge in [-0.15, -0.1) is 0 Å². The molecule has 0 saturated carbocycles. The summed E-state index contributed by atoms with van der Waals surface area (Å²) in [6.45, 7) is 3.76. The highest BCUT2D eigenvalue weighted by Gasteiger charge is 2.41. The van der Waals surface area contributed by atoms with Crippen molar-refractivity contribution in [1.82, 2.24) is 15.4 Å². The van der Waals surface area contributed by atoms with Crippen molar-refractivity contribution < 1.29 is 9.32 Å². The maximum absolute atomic E-state index is 12.7. The fraction of sp³-hybridized carbons (Fsp3) is 0.500. The average molecular weight is 285 g/mol. The highest BCUT2D eigenvalue weighted by Crippen LogP contribution is 2.37. The van der Waals surface area contributed by atoms with Crippen molar-refractivity contribution >= 4 is 16.8 Å². The van der Waals surface area contributed by atoms with Gasteiger partial charge in [0.2, 0.25) is 5.76 Å². The lowest BCUT2D eigenvalue weighted by Crippen LogP contribution is -2.42. The molecule has 1 spiro atoms. The predicted octanol–water partition coefficient (Wildman–Crippen LogP) is 2.04. The van der Waals surface area contributed by atoms with E-state index in [1.807, 2.05) is 29.2 Å². The molecule has 5 nitrogen and oxygen atoms in total. The third-order valence-electron chi connectivity index (χ3n) is 4.86. The number of fused-ring (bicyclic) bond motifs is 1. The van der Waals surface area contributed by atoms with Gasteiger partial charge in [0.25, 0.3) is 5.91 Å². The van der Waals surface area contributed by atoms with Crippen molar-refractivity contribution in [3.8, 4) is 0 Å². The van der Waals surface area contributed by atoms with Crippen LogP contribution in [0.1, 0.15) is 29.8 Å². The first-order valence-corrected chi connectivity index (χ1v) is 7.62. The van der Waals surface area contributed by atoms with E-state index < -0.39 is 0 Å². The van der Waals surface area contributed by atoms with Gasteiger partial charge in [-0.05, 0) is 37.9 Å². The zero-order chi connectivity index (χ0) is 14.3. The number of amides is 1. The Balaban J connectivity index is 1.58. The molecule has 0 aliphatic carbocycles. The third-order valence-corrected chi connectivity index (χ3v) is 4.86.